The van der Waals surface area contributed by atoms with E-state index in [-0.39, 0.29) is 12.3 Å². The molecule has 0 spiro atoms. The number of nitrogens with zero attached hydrogens (tertiary/aromatic N) is 2. The van der Waals surface area contributed by atoms with Crippen molar-refractivity contribution in [2.75, 3.05) is 12.4 Å². The van der Waals surface area contributed by atoms with Crippen LogP contribution in [0.15, 0.2) is 36.7 Å². The number of hydrogen-bond acceptors (Lipinski definition) is 4. The Hall–Kier alpha value is -2.50. The topological polar surface area (TPSA) is 64.1 Å². The van der Waals surface area contributed by atoms with Crippen LogP contribution in [-0.4, -0.2) is 23.0 Å². The van der Waals surface area contributed by atoms with Crippen molar-refractivity contribution in [1.29, 1.82) is 0 Å². The zero-order valence-electron chi connectivity index (χ0n) is 10.3. The predicted molar refractivity (Wildman–Crippen MR) is 67.3 cm³/mol. The quantitative estimate of drug-likeness (QED) is 0.911. The van der Waals surface area contributed by atoms with Gasteiger partial charge in [0.05, 0.1) is 13.5 Å². The number of carbonyl (C=O) groups is 1. The molecule has 0 aliphatic rings. The van der Waals surface area contributed by atoms with Gasteiger partial charge in [0.15, 0.2) is 0 Å². The molecule has 0 radical (unpaired) electrons. The van der Waals surface area contributed by atoms with Crippen LogP contribution in [0, 0.1) is 5.82 Å². The average Bonchev–Trinajstić information content (AvgIpc) is 2.41. The normalized spacial score (nSPS) is 10.0. The summed E-state index contributed by atoms with van der Waals surface area (Å²) in [7, 11) is 1.47. The highest BCUT2D eigenvalue weighted by Crippen LogP contribution is 2.12. The van der Waals surface area contributed by atoms with E-state index >= 15 is 0 Å². The summed E-state index contributed by atoms with van der Waals surface area (Å²) in [6, 6.07) is 7.62. The van der Waals surface area contributed by atoms with Gasteiger partial charge >= 0.3 is 0 Å². The maximum atomic E-state index is 13.4. The first-order valence-electron chi connectivity index (χ1n) is 5.58. The lowest BCUT2D eigenvalue weighted by Gasteiger charge is -2.06. The van der Waals surface area contributed by atoms with Crippen LogP contribution in [0.2, 0.25) is 0 Å². The summed E-state index contributed by atoms with van der Waals surface area (Å²) in [4.78, 5) is 19.4. The summed E-state index contributed by atoms with van der Waals surface area (Å²) in [5.41, 5.74) is 0.334. The highest BCUT2D eigenvalue weighted by Gasteiger charge is 2.09. The van der Waals surface area contributed by atoms with E-state index in [2.05, 4.69) is 15.3 Å². The van der Waals surface area contributed by atoms with Gasteiger partial charge in [0.25, 0.3) is 0 Å². The van der Waals surface area contributed by atoms with Crippen molar-refractivity contribution in [3.8, 4) is 5.88 Å². The third-order valence-electron chi connectivity index (χ3n) is 2.43. The molecule has 6 heteroatoms. The number of amides is 1. The van der Waals surface area contributed by atoms with Crippen LogP contribution in [0.25, 0.3) is 0 Å². The number of rotatable bonds is 4. The van der Waals surface area contributed by atoms with Gasteiger partial charge in [-0.2, -0.15) is 0 Å². The second-order valence-electron chi connectivity index (χ2n) is 3.76. The van der Waals surface area contributed by atoms with Crippen LogP contribution in [0.3, 0.4) is 0 Å². The second-order valence-corrected chi connectivity index (χ2v) is 3.76. The standard InChI is InChI=1S/C13H12FN3O2/c1-19-13-7-11(15-8-16-13)17-12(18)6-9-4-2-3-5-10(9)14/h2-5,7-8H,6H2,1H3,(H,15,16,17,18). The van der Waals surface area contributed by atoms with Crippen molar-refractivity contribution in [3.05, 3.63) is 48.0 Å². The molecule has 1 heterocycles. The first kappa shape index (κ1) is 12.9. The molecule has 0 unspecified atom stereocenters. The van der Waals surface area contributed by atoms with Crippen molar-refractivity contribution < 1.29 is 13.9 Å². The SMILES string of the molecule is COc1cc(NC(=O)Cc2ccccc2F)ncn1. The molecule has 0 saturated carbocycles. The van der Waals surface area contributed by atoms with Gasteiger partial charge in [-0.25, -0.2) is 14.4 Å². The Balaban J connectivity index is 2.03. The van der Waals surface area contributed by atoms with Gasteiger partial charge in [0.2, 0.25) is 11.8 Å². The molecule has 1 amide bonds. The molecule has 0 bridgehead atoms. The molecule has 98 valence electrons. The molecule has 0 atom stereocenters. The maximum Gasteiger partial charge on any atom is 0.230 e. The molecule has 2 aromatic rings. The summed E-state index contributed by atoms with van der Waals surface area (Å²) < 4.78 is 18.3. The molecule has 2 rings (SSSR count). The maximum absolute atomic E-state index is 13.4. The van der Waals surface area contributed by atoms with Gasteiger partial charge < -0.3 is 10.1 Å². The number of halogens is 1. The summed E-state index contributed by atoms with van der Waals surface area (Å²) >= 11 is 0. The minimum absolute atomic E-state index is 0.0566. The van der Waals surface area contributed by atoms with Gasteiger partial charge in [0.1, 0.15) is 18.0 Å². The molecule has 1 aromatic heterocycles. The Bertz CT molecular complexity index is 590. The zero-order valence-corrected chi connectivity index (χ0v) is 10.3. The highest BCUT2D eigenvalue weighted by molar-refractivity contribution is 5.91. The smallest absolute Gasteiger partial charge is 0.230 e. The Morgan fingerprint density at radius 1 is 1.37 bits per heavy atom. The molecular formula is C13H12FN3O2. The Morgan fingerprint density at radius 3 is 2.89 bits per heavy atom. The van der Waals surface area contributed by atoms with Gasteiger partial charge in [-0.15, -0.1) is 0 Å². The van der Waals surface area contributed by atoms with Crippen molar-refractivity contribution in [2.24, 2.45) is 0 Å². The number of hydrogen-bond donors (Lipinski definition) is 1. The second kappa shape index (κ2) is 5.90. The van der Waals surface area contributed by atoms with E-state index in [4.69, 9.17) is 4.74 Å². The number of nitrogens with one attached hydrogen (secondary N) is 1. The van der Waals surface area contributed by atoms with Crippen LogP contribution in [0.1, 0.15) is 5.56 Å². The van der Waals surface area contributed by atoms with Crippen LogP contribution >= 0.6 is 0 Å². The van der Waals surface area contributed by atoms with Crippen LogP contribution in [-0.2, 0) is 11.2 Å². The highest BCUT2D eigenvalue weighted by atomic mass is 19.1. The Labute approximate surface area is 109 Å². The lowest BCUT2D eigenvalue weighted by molar-refractivity contribution is -0.115. The first-order valence-corrected chi connectivity index (χ1v) is 5.58. The number of methoxy groups -OCH3 is 1. The summed E-state index contributed by atoms with van der Waals surface area (Å²) in [5.74, 6) is -0.104. The third kappa shape index (κ3) is 3.48. The Morgan fingerprint density at radius 2 is 2.16 bits per heavy atom. The lowest BCUT2D eigenvalue weighted by Crippen LogP contribution is -2.16. The van der Waals surface area contributed by atoms with Crippen molar-refractivity contribution in [2.45, 2.75) is 6.42 Å². The van der Waals surface area contributed by atoms with Gasteiger partial charge in [-0.1, -0.05) is 18.2 Å². The number of carbonyl (C=O) groups excluding carboxylic acids is 1. The lowest BCUT2D eigenvalue weighted by atomic mass is 10.1. The molecule has 5 nitrogen and oxygen atoms in total. The molecule has 0 saturated heterocycles. The number of ether oxygens (including phenoxy) is 1. The van der Waals surface area contributed by atoms with E-state index in [0.717, 1.165) is 0 Å². The zero-order chi connectivity index (χ0) is 13.7. The van der Waals surface area contributed by atoms with Crippen molar-refractivity contribution in [1.82, 2.24) is 9.97 Å². The molecule has 0 aliphatic carbocycles. The monoisotopic (exact) mass is 261 g/mol. The minimum atomic E-state index is -0.405. The van der Waals surface area contributed by atoms with Crippen LogP contribution in [0.5, 0.6) is 5.88 Å². The van der Waals surface area contributed by atoms with E-state index in [0.29, 0.717) is 17.3 Å². The molecule has 19 heavy (non-hydrogen) atoms. The molecule has 1 aromatic carbocycles. The summed E-state index contributed by atoms with van der Waals surface area (Å²) in [6.45, 7) is 0. The van der Waals surface area contributed by atoms with Crippen LogP contribution < -0.4 is 10.1 Å². The third-order valence-corrected chi connectivity index (χ3v) is 2.43. The fraction of sp³-hybridized carbons (Fsp3) is 0.154. The molecule has 0 aliphatic heterocycles. The number of anilines is 1. The summed E-state index contributed by atoms with van der Waals surface area (Å²) in [6.07, 6.45) is 1.22. The fourth-order valence-electron chi connectivity index (χ4n) is 1.52. The first-order chi connectivity index (χ1) is 9.19. The van der Waals surface area contributed by atoms with Gasteiger partial charge in [-0.3, -0.25) is 4.79 Å². The van der Waals surface area contributed by atoms with E-state index in [9.17, 15) is 9.18 Å². The Kier molecular flexibility index (Phi) is 4.02. The predicted octanol–water partition coefficient (Wildman–Crippen LogP) is 1.81. The van der Waals surface area contributed by atoms with E-state index < -0.39 is 5.82 Å². The number of benzene rings is 1. The summed E-state index contributed by atoms with van der Waals surface area (Å²) in [5, 5.41) is 2.56. The largest absolute Gasteiger partial charge is 0.481 e. The van der Waals surface area contributed by atoms with Crippen molar-refractivity contribution >= 4 is 11.7 Å². The molecule has 0 fully saturated rings. The van der Waals surface area contributed by atoms with E-state index in [1.807, 2.05) is 0 Å². The van der Waals surface area contributed by atoms with Gasteiger partial charge in [-0.05, 0) is 11.6 Å². The molecule has 1 N–H and O–H groups in total. The van der Waals surface area contributed by atoms with Crippen molar-refractivity contribution in [3.63, 3.8) is 0 Å². The fourth-order valence-corrected chi connectivity index (χ4v) is 1.52. The minimum Gasteiger partial charge on any atom is -0.481 e. The van der Waals surface area contributed by atoms with Crippen LogP contribution in [0.4, 0.5) is 10.2 Å². The van der Waals surface area contributed by atoms with Gasteiger partial charge in [0, 0.05) is 6.07 Å². The average molecular weight is 261 g/mol. The molecular weight excluding hydrogens is 249 g/mol. The van der Waals surface area contributed by atoms with E-state index in [1.54, 1.807) is 18.2 Å². The van der Waals surface area contributed by atoms with E-state index in [1.165, 1.54) is 25.6 Å². The number of aromatic nitrogens is 2.